The average Bonchev–Trinajstić information content (AvgIpc) is 3.18. The van der Waals surface area contributed by atoms with Gasteiger partial charge in [0.05, 0.1) is 13.2 Å². The Balaban J connectivity index is 1.43. The van der Waals surface area contributed by atoms with Gasteiger partial charge in [0, 0.05) is 31.0 Å². The van der Waals surface area contributed by atoms with E-state index in [9.17, 15) is 9.59 Å². The summed E-state index contributed by atoms with van der Waals surface area (Å²) >= 11 is 0. The number of ether oxygens (including phenoxy) is 1. The number of nitrogens with one attached hydrogen (secondary N) is 1. The standard InChI is InChI=1S/C26H26N2O3/c1-31-23-14-12-22(13-15-23)28-18-21(16-26(28)30)27-25(29)17-24(19-8-4-2-5-9-19)20-10-6-3-7-11-20/h2-15,21,24H,16-18H2,1H3,(H,27,29). The van der Waals surface area contributed by atoms with E-state index in [1.54, 1.807) is 12.0 Å². The van der Waals surface area contributed by atoms with Crippen molar-refractivity contribution in [1.82, 2.24) is 5.32 Å². The van der Waals surface area contributed by atoms with Crippen molar-refractivity contribution in [3.8, 4) is 5.75 Å². The van der Waals surface area contributed by atoms with Gasteiger partial charge in [0.1, 0.15) is 5.75 Å². The largest absolute Gasteiger partial charge is 0.497 e. The topological polar surface area (TPSA) is 58.6 Å². The highest BCUT2D eigenvalue weighted by atomic mass is 16.5. The Morgan fingerprint density at radius 3 is 2.10 bits per heavy atom. The van der Waals surface area contributed by atoms with Crippen LogP contribution in [-0.4, -0.2) is 31.5 Å². The first-order valence-corrected chi connectivity index (χ1v) is 10.5. The van der Waals surface area contributed by atoms with E-state index in [0.29, 0.717) is 19.4 Å². The molecule has 1 aliphatic heterocycles. The fourth-order valence-corrected chi connectivity index (χ4v) is 4.09. The number of amides is 2. The molecule has 0 spiro atoms. The maximum absolute atomic E-state index is 12.9. The third-order valence-electron chi connectivity index (χ3n) is 5.67. The van der Waals surface area contributed by atoms with Crippen LogP contribution in [0.3, 0.4) is 0 Å². The van der Waals surface area contributed by atoms with Gasteiger partial charge in [0.15, 0.2) is 0 Å². The first kappa shape index (κ1) is 20.7. The predicted octanol–water partition coefficient (Wildman–Crippen LogP) is 4.14. The molecule has 3 aromatic carbocycles. The van der Waals surface area contributed by atoms with E-state index in [-0.39, 0.29) is 23.8 Å². The zero-order chi connectivity index (χ0) is 21.6. The van der Waals surface area contributed by atoms with Crippen LogP contribution in [0.2, 0.25) is 0 Å². The van der Waals surface area contributed by atoms with E-state index in [0.717, 1.165) is 22.6 Å². The van der Waals surface area contributed by atoms with Crippen molar-refractivity contribution in [2.24, 2.45) is 0 Å². The van der Waals surface area contributed by atoms with Crippen molar-refractivity contribution in [1.29, 1.82) is 0 Å². The molecule has 1 atom stereocenters. The molecule has 31 heavy (non-hydrogen) atoms. The maximum atomic E-state index is 12.9. The molecule has 1 fully saturated rings. The molecule has 1 heterocycles. The number of hydrogen-bond acceptors (Lipinski definition) is 3. The van der Waals surface area contributed by atoms with Crippen LogP contribution >= 0.6 is 0 Å². The number of rotatable bonds is 7. The quantitative estimate of drug-likeness (QED) is 0.632. The smallest absolute Gasteiger partial charge is 0.229 e. The van der Waals surface area contributed by atoms with E-state index in [4.69, 9.17) is 4.74 Å². The molecule has 0 radical (unpaired) electrons. The second-order valence-electron chi connectivity index (χ2n) is 7.75. The molecule has 1 aliphatic rings. The van der Waals surface area contributed by atoms with Gasteiger partial charge < -0.3 is 15.0 Å². The van der Waals surface area contributed by atoms with Gasteiger partial charge in [-0.25, -0.2) is 0 Å². The van der Waals surface area contributed by atoms with Crippen LogP contribution in [-0.2, 0) is 9.59 Å². The van der Waals surface area contributed by atoms with E-state index in [1.165, 1.54) is 0 Å². The van der Waals surface area contributed by atoms with Gasteiger partial charge in [-0.2, -0.15) is 0 Å². The summed E-state index contributed by atoms with van der Waals surface area (Å²) in [5, 5.41) is 3.08. The molecule has 1 saturated heterocycles. The van der Waals surface area contributed by atoms with Gasteiger partial charge in [-0.1, -0.05) is 60.7 Å². The number of hydrogen-bond donors (Lipinski definition) is 1. The van der Waals surface area contributed by atoms with Crippen molar-refractivity contribution in [2.45, 2.75) is 24.8 Å². The highest BCUT2D eigenvalue weighted by Crippen LogP contribution is 2.28. The lowest BCUT2D eigenvalue weighted by Crippen LogP contribution is -2.37. The summed E-state index contributed by atoms with van der Waals surface area (Å²) in [6, 6.07) is 27.3. The van der Waals surface area contributed by atoms with E-state index in [1.807, 2.05) is 60.7 Å². The van der Waals surface area contributed by atoms with Crippen molar-refractivity contribution >= 4 is 17.5 Å². The number of methoxy groups -OCH3 is 1. The third-order valence-corrected chi connectivity index (χ3v) is 5.67. The zero-order valence-corrected chi connectivity index (χ0v) is 17.5. The van der Waals surface area contributed by atoms with Crippen LogP contribution in [0.15, 0.2) is 84.9 Å². The Morgan fingerprint density at radius 2 is 1.55 bits per heavy atom. The van der Waals surface area contributed by atoms with Crippen molar-refractivity contribution in [2.75, 3.05) is 18.6 Å². The maximum Gasteiger partial charge on any atom is 0.229 e. The number of carbonyl (C=O) groups excluding carboxylic acids is 2. The third kappa shape index (κ3) is 4.94. The molecule has 0 saturated carbocycles. The summed E-state index contributed by atoms with van der Waals surface area (Å²) in [6.45, 7) is 0.470. The first-order chi connectivity index (χ1) is 15.1. The Kier molecular flexibility index (Phi) is 6.32. The minimum absolute atomic E-state index is 0.0122. The van der Waals surface area contributed by atoms with Crippen LogP contribution in [0.1, 0.15) is 29.9 Å². The molecule has 1 unspecified atom stereocenters. The minimum atomic E-state index is -0.200. The Labute approximate surface area is 182 Å². The van der Waals surface area contributed by atoms with Crippen LogP contribution in [0.5, 0.6) is 5.75 Å². The van der Waals surface area contributed by atoms with E-state index >= 15 is 0 Å². The number of nitrogens with zero attached hydrogens (tertiary/aromatic N) is 1. The van der Waals surface area contributed by atoms with Crippen LogP contribution in [0, 0.1) is 0 Å². The highest BCUT2D eigenvalue weighted by molar-refractivity contribution is 5.97. The molecule has 1 N–H and O–H groups in total. The van der Waals surface area contributed by atoms with Gasteiger partial charge in [-0.3, -0.25) is 9.59 Å². The average molecular weight is 415 g/mol. The summed E-state index contributed by atoms with van der Waals surface area (Å²) < 4.78 is 5.18. The Hall–Kier alpha value is -3.60. The van der Waals surface area contributed by atoms with Crippen LogP contribution < -0.4 is 15.0 Å². The molecule has 0 bridgehead atoms. The predicted molar refractivity (Wildman–Crippen MR) is 121 cm³/mol. The molecule has 5 nitrogen and oxygen atoms in total. The normalized spacial score (nSPS) is 15.9. The molecular formula is C26H26N2O3. The molecule has 158 valence electrons. The molecule has 0 aliphatic carbocycles. The van der Waals surface area contributed by atoms with Crippen LogP contribution in [0.25, 0.3) is 0 Å². The molecule has 0 aromatic heterocycles. The lowest BCUT2D eigenvalue weighted by atomic mass is 9.88. The molecule has 5 heteroatoms. The van der Waals surface area contributed by atoms with Gasteiger partial charge >= 0.3 is 0 Å². The van der Waals surface area contributed by atoms with Gasteiger partial charge in [0.2, 0.25) is 11.8 Å². The summed E-state index contributed by atoms with van der Waals surface area (Å²) in [5.41, 5.74) is 3.02. The monoisotopic (exact) mass is 414 g/mol. The van der Waals surface area contributed by atoms with Crippen LogP contribution in [0.4, 0.5) is 5.69 Å². The number of benzene rings is 3. The molecule has 2 amide bonds. The molecule has 3 aromatic rings. The van der Waals surface area contributed by atoms with Gasteiger partial charge in [-0.15, -0.1) is 0 Å². The fourth-order valence-electron chi connectivity index (χ4n) is 4.09. The Bertz CT molecular complexity index is 980. The van der Waals surface area contributed by atoms with Crippen molar-refractivity contribution in [3.63, 3.8) is 0 Å². The van der Waals surface area contributed by atoms with Crippen molar-refractivity contribution < 1.29 is 14.3 Å². The van der Waals surface area contributed by atoms with Crippen molar-refractivity contribution in [3.05, 3.63) is 96.1 Å². The first-order valence-electron chi connectivity index (χ1n) is 10.5. The molecule has 4 rings (SSSR count). The minimum Gasteiger partial charge on any atom is -0.497 e. The zero-order valence-electron chi connectivity index (χ0n) is 17.5. The second-order valence-corrected chi connectivity index (χ2v) is 7.75. The highest BCUT2D eigenvalue weighted by Gasteiger charge is 2.32. The number of carbonyl (C=O) groups is 2. The SMILES string of the molecule is COc1ccc(N2CC(NC(=O)CC(c3ccccc3)c3ccccc3)CC2=O)cc1. The lowest BCUT2D eigenvalue weighted by Gasteiger charge is -2.20. The number of anilines is 1. The summed E-state index contributed by atoms with van der Waals surface area (Å²) in [4.78, 5) is 27.2. The summed E-state index contributed by atoms with van der Waals surface area (Å²) in [6.07, 6.45) is 0.639. The summed E-state index contributed by atoms with van der Waals surface area (Å²) in [7, 11) is 1.61. The summed E-state index contributed by atoms with van der Waals surface area (Å²) in [5.74, 6) is 0.676. The van der Waals surface area contributed by atoms with Gasteiger partial charge in [0.25, 0.3) is 0 Å². The van der Waals surface area contributed by atoms with E-state index in [2.05, 4.69) is 29.6 Å². The Morgan fingerprint density at radius 1 is 0.968 bits per heavy atom. The second kappa shape index (κ2) is 9.47. The van der Waals surface area contributed by atoms with E-state index < -0.39 is 0 Å². The fraction of sp³-hybridized carbons (Fsp3) is 0.231. The molecular weight excluding hydrogens is 388 g/mol. The lowest BCUT2D eigenvalue weighted by molar-refractivity contribution is -0.122. The van der Waals surface area contributed by atoms with Gasteiger partial charge in [-0.05, 0) is 35.4 Å².